The Bertz CT molecular complexity index is 544. The zero-order valence-corrected chi connectivity index (χ0v) is 11.2. The molecule has 2 rings (SSSR count). The van der Waals surface area contributed by atoms with Crippen LogP contribution in [-0.4, -0.2) is 4.57 Å². The number of rotatable bonds is 1. The van der Waals surface area contributed by atoms with Crippen LogP contribution in [0.1, 0.15) is 46.1 Å². The highest BCUT2D eigenvalue weighted by atomic mass is 19.1. The summed E-state index contributed by atoms with van der Waals surface area (Å²) >= 11 is 0. The quantitative estimate of drug-likeness (QED) is 0.675. The van der Waals surface area contributed by atoms with Crippen LogP contribution in [0.25, 0.3) is 10.9 Å². The number of nitrogens with zero attached hydrogens (tertiary/aromatic N) is 1. The van der Waals surface area contributed by atoms with Crippen molar-refractivity contribution in [3.63, 3.8) is 0 Å². The maximum absolute atomic E-state index is 13.6. The molecule has 0 aliphatic rings. The molecule has 0 radical (unpaired) electrons. The van der Waals surface area contributed by atoms with Crippen molar-refractivity contribution in [1.29, 1.82) is 0 Å². The van der Waals surface area contributed by atoms with Crippen LogP contribution < -0.4 is 0 Å². The third-order valence-electron chi connectivity index (χ3n) is 3.12. The lowest BCUT2D eigenvalue weighted by atomic mass is 9.99. The minimum Gasteiger partial charge on any atom is -0.342 e. The average Bonchev–Trinajstić information content (AvgIpc) is 2.58. The van der Waals surface area contributed by atoms with Crippen LogP contribution in [-0.2, 0) is 5.54 Å². The normalized spacial score (nSPS) is 12.6. The van der Waals surface area contributed by atoms with Gasteiger partial charge in [-0.1, -0.05) is 13.8 Å². The first-order valence-electron chi connectivity index (χ1n) is 6.11. The molecule has 0 saturated heterocycles. The SMILES string of the molecule is CC(C)c1cc(F)cc2ccn(C(C)(C)C)c12. The molecule has 0 N–H and O–H groups in total. The van der Waals surface area contributed by atoms with E-state index in [0.717, 1.165) is 16.5 Å². The van der Waals surface area contributed by atoms with Gasteiger partial charge in [0.2, 0.25) is 0 Å². The van der Waals surface area contributed by atoms with Crippen LogP contribution in [0.3, 0.4) is 0 Å². The second-order valence-electron chi connectivity index (χ2n) is 5.94. The van der Waals surface area contributed by atoms with Crippen LogP contribution in [0.5, 0.6) is 0 Å². The molecule has 0 unspecified atom stereocenters. The molecule has 1 aromatic carbocycles. The van der Waals surface area contributed by atoms with Gasteiger partial charge in [-0.15, -0.1) is 0 Å². The highest BCUT2D eigenvalue weighted by Gasteiger charge is 2.19. The van der Waals surface area contributed by atoms with E-state index in [1.165, 1.54) is 0 Å². The zero-order chi connectivity index (χ0) is 12.8. The van der Waals surface area contributed by atoms with E-state index in [1.807, 2.05) is 6.07 Å². The summed E-state index contributed by atoms with van der Waals surface area (Å²) in [5.74, 6) is 0.178. The van der Waals surface area contributed by atoms with E-state index in [9.17, 15) is 4.39 Å². The molecule has 92 valence electrons. The molecule has 17 heavy (non-hydrogen) atoms. The van der Waals surface area contributed by atoms with E-state index in [1.54, 1.807) is 12.1 Å². The van der Waals surface area contributed by atoms with Gasteiger partial charge in [-0.2, -0.15) is 0 Å². The van der Waals surface area contributed by atoms with Crippen molar-refractivity contribution in [2.75, 3.05) is 0 Å². The molecule has 2 heteroatoms. The van der Waals surface area contributed by atoms with E-state index in [4.69, 9.17) is 0 Å². The van der Waals surface area contributed by atoms with E-state index < -0.39 is 0 Å². The van der Waals surface area contributed by atoms with Crippen molar-refractivity contribution in [2.45, 2.75) is 46.1 Å². The van der Waals surface area contributed by atoms with E-state index >= 15 is 0 Å². The molecule has 1 nitrogen and oxygen atoms in total. The molecular formula is C15H20FN. The number of hydrogen-bond donors (Lipinski definition) is 0. The van der Waals surface area contributed by atoms with Gasteiger partial charge in [0.25, 0.3) is 0 Å². The Hall–Kier alpha value is -1.31. The van der Waals surface area contributed by atoms with E-state index in [0.29, 0.717) is 5.92 Å². The van der Waals surface area contributed by atoms with Crippen LogP contribution in [0.2, 0.25) is 0 Å². The minimum atomic E-state index is -0.146. The fourth-order valence-corrected chi connectivity index (χ4v) is 2.28. The number of halogens is 1. The standard InChI is InChI=1S/C15H20FN/c1-10(2)13-9-12(16)8-11-6-7-17(14(11)13)15(3,4)5/h6-10H,1-5H3. The number of benzene rings is 1. The monoisotopic (exact) mass is 233 g/mol. The van der Waals surface area contributed by atoms with Crippen molar-refractivity contribution in [1.82, 2.24) is 4.57 Å². The number of hydrogen-bond acceptors (Lipinski definition) is 0. The third-order valence-corrected chi connectivity index (χ3v) is 3.12. The molecule has 1 heterocycles. The third kappa shape index (κ3) is 2.08. The Kier molecular flexibility index (Phi) is 2.76. The summed E-state index contributed by atoms with van der Waals surface area (Å²) in [5, 5.41) is 0.989. The fraction of sp³-hybridized carbons (Fsp3) is 0.467. The molecule has 1 aromatic heterocycles. The summed E-state index contributed by atoms with van der Waals surface area (Å²) in [7, 11) is 0. The van der Waals surface area contributed by atoms with Crippen molar-refractivity contribution in [3.05, 3.63) is 35.8 Å². The first-order chi connectivity index (χ1) is 7.80. The Morgan fingerprint density at radius 1 is 1.18 bits per heavy atom. The molecule has 0 spiro atoms. The first kappa shape index (κ1) is 12.2. The van der Waals surface area contributed by atoms with Gasteiger partial charge in [0.05, 0.1) is 5.52 Å². The smallest absolute Gasteiger partial charge is 0.124 e. The average molecular weight is 233 g/mol. The highest BCUT2D eigenvalue weighted by Crippen LogP contribution is 2.31. The first-order valence-corrected chi connectivity index (χ1v) is 6.11. The maximum Gasteiger partial charge on any atom is 0.124 e. The molecule has 0 amide bonds. The minimum absolute atomic E-state index is 0.0171. The van der Waals surface area contributed by atoms with Crippen molar-refractivity contribution in [2.24, 2.45) is 0 Å². The Labute approximate surface area is 102 Å². The van der Waals surface area contributed by atoms with Crippen molar-refractivity contribution >= 4 is 10.9 Å². The lowest BCUT2D eigenvalue weighted by Crippen LogP contribution is -2.21. The Morgan fingerprint density at radius 3 is 2.35 bits per heavy atom. The molecule has 0 bridgehead atoms. The Morgan fingerprint density at radius 2 is 1.82 bits per heavy atom. The van der Waals surface area contributed by atoms with E-state index in [-0.39, 0.29) is 11.4 Å². The fourth-order valence-electron chi connectivity index (χ4n) is 2.28. The molecule has 0 fully saturated rings. The van der Waals surface area contributed by atoms with Crippen molar-refractivity contribution in [3.8, 4) is 0 Å². The molecular weight excluding hydrogens is 213 g/mol. The largest absolute Gasteiger partial charge is 0.342 e. The maximum atomic E-state index is 13.6. The van der Waals surface area contributed by atoms with Gasteiger partial charge >= 0.3 is 0 Å². The predicted octanol–water partition coefficient (Wildman–Crippen LogP) is 4.66. The number of aromatic nitrogens is 1. The summed E-state index contributed by atoms with van der Waals surface area (Å²) < 4.78 is 15.8. The van der Waals surface area contributed by atoms with Gasteiger partial charge in [-0.05, 0) is 50.5 Å². The van der Waals surface area contributed by atoms with Gasteiger partial charge in [0.15, 0.2) is 0 Å². The summed E-state index contributed by atoms with van der Waals surface area (Å²) in [4.78, 5) is 0. The molecule has 0 aliphatic carbocycles. The zero-order valence-electron chi connectivity index (χ0n) is 11.2. The van der Waals surface area contributed by atoms with Crippen LogP contribution >= 0.6 is 0 Å². The topological polar surface area (TPSA) is 4.93 Å². The lowest BCUT2D eigenvalue weighted by molar-refractivity contribution is 0.410. The van der Waals surface area contributed by atoms with Crippen LogP contribution in [0, 0.1) is 5.82 Å². The summed E-state index contributed by atoms with van der Waals surface area (Å²) in [6.07, 6.45) is 2.05. The predicted molar refractivity (Wildman–Crippen MR) is 71.0 cm³/mol. The Balaban J connectivity index is 2.82. The van der Waals surface area contributed by atoms with Gasteiger partial charge in [-0.3, -0.25) is 0 Å². The lowest BCUT2D eigenvalue weighted by Gasteiger charge is -2.24. The summed E-state index contributed by atoms with van der Waals surface area (Å²) in [5.41, 5.74) is 2.26. The summed E-state index contributed by atoms with van der Waals surface area (Å²) in [6.45, 7) is 10.7. The highest BCUT2D eigenvalue weighted by molar-refractivity contribution is 5.84. The van der Waals surface area contributed by atoms with E-state index in [2.05, 4.69) is 45.4 Å². The summed E-state index contributed by atoms with van der Waals surface area (Å²) in [6, 6.07) is 5.27. The van der Waals surface area contributed by atoms with Crippen LogP contribution in [0.4, 0.5) is 4.39 Å². The second kappa shape index (κ2) is 3.86. The molecule has 0 atom stereocenters. The molecule has 0 aliphatic heterocycles. The number of fused-ring (bicyclic) bond motifs is 1. The van der Waals surface area contributed by atoms with Crippen molar-refractivity contribution < 1.29 is 4.39 Å². The van der Waals surface area contributed by atoms with Crippen LogP contribution in [0.15, 0.2) is 24.4 Å². The van der Waals surface area contributed by atoms with Gasteiger partial charge in [0, 0.05) is 17.1 Å². The molecule has 2 aromatic rings. The van der Waals surface area contributed by atoms with Gasteiger partial charge < -0.3 is 4.57 Å². The second-order valence-corrected chi connectivity index (χ2v) is 5.94. The molecule has 0 saturated carbocycles. The van der Waals surface area contributed by atoms with Gasteiger partial charge in [-0.25, -0.2) is 4.39 Å². The van der Waals surface area contributed by atoms with Gasteiger partial charge in [0.1, 0.15) is 5.82 Å².